The van der Waals surface area contributed by atoms with Crippen LogP contribution in [0.1, 0.15) is 58.3 Å². The highest BCUT2D eigenvalue weighted by atomic mass is 16.3. The second-order valence-electron chi connectivity index (χ2n) is 7.98. The van der Waals surface area contributed by atoms with Crippen molar-refractivity contribution < 1.29 is 19.5 Å². The lowest BCUT2D eigenvalue weighted by Gasteiger charge is -2.30. The van der Waals surface area contributed by atoms with Crippen molar-refractivity contribution >= 4 is 23.4 Å². The predicted octanol–water partition coefficient (Wildman–Crippen LogP) is 2.22. The fourth-order valence-electron chi connectivity index (χ4n) is 2.91. The Labute approximate surface area is 178 Å². The molecule has 8 heteroatoms. The van der Waals surface area contributed by atoms with Crippen LogP contribution >= 0.6 is 0 Å². The number of rotatable bonds is 10. The topological polar surface area (TPSA) is 131 Å². The Bertz CT molecular complexity index is 778. The van der Waals surface area contributed by atoms with Crippen LogP contribution in [0.3, 0.4) is 0 Å². The fraction of sp³-hybridized carbons (Fsp3) is 0.545. The molecule has 0 heterocycles. The van der Waals surface area contributed by atoms with Crippen molar-refractivity contribution in [2.75, 3.05) is 0 Å². The molecule has 1 aromatic rings. The Morgan fingerprint density at radius 1 is 0.967 bits per heavy atom. The molecule has 0 aliphatic carbocycles. The van der Waals surface area contributed by atoms with E-state index in [2.05, 4.69) is 16.0 Å². The second kappa shape index (κ2) is 11.3. The highest BCUT2D eigenvalue weighted by Crippen LogP contribution is 2.16. The standard InChI is InChI=1S/C22H34N4O4/c1-7-13(4)18(25-20(28)12(2)3)22(30)24-15(6)19(14(5)23)26-21(29)16-10-8-9-11-17(16)27/h8-13,15,18-19,23,27H,7H2,1-6H3,(H,24,30)(H,25,28)(H,26,29). The molecule has 4 atom stereocenters. The van der Waals surface area contributed by atoms with E-state index in [0.29, 0.717) is 6.42 Å². The summed E-state index contributed by atoms with van der Waals surface area (Å²) in [5, 5.41) is 26.2. The number of carbonyl (C=O) groups excluding carboxylic acids is 3. The van der Waals surface area contributed by atoms with E-state index in [1.54, 1.807) is 32.9 Å². The van der Waals surface area contributed by atoms with Gasteiger partial charge in [-0.1, -0.05) is 46.2 Å². The van der Waals surface area contributed by atoms with E-state index in [0.717, 1.165) is 0 Å². The van der Waals surface area contributed by atoms with Crippen molar-refractivity contribution in [2.45, 2.75) is 66.1 Å². The van der Waals surface area contributed by atoms with Crippen molar-refractivity contribution in [1.82, 2.24) is 16.0 Å². The van der Waals surface area contributed by atoms with Crippen LogP contribution in [0.15, 0.2) is 24.3 Å². The van der Waals surface area contributed by atoms with Gasteiger partial charge in [-0.3, -0.25) is 14.4 Å². The third-order valence-electron chi connectivity index (χ3n) is 5.09. The van der Waals surface area contributed by atoms with Crippen LogP contribution in [0.2, 0.25) is 0 Å². The fourth-order valence-corrected chi connectivity index (χ4v) is 2.91. The molecule has 1 rings (SSSR count). The Kier molecular flexibility index (Phi) is 9.49. The summed E-state index contributed by atoms with van der Waals surface area (Å²) in [5.74, 6) is -1.63. The quantitative estimate of drug-likeness (QED) is 0.373. The number of para-hydroxylation sites is 1. The summed E-state index contributed by atoms with van der Waals surface area (Å²) in [6.45, 7) is 10.6. The molecule has 30 heavy (non-hydrogen) atoms. The Hall–Kier alpha value is -2.90. The van der Waals surface area contributed by atoms with Crippen LogP contribution in [-0.4, -0.2) is 46.7 Å². The smallest absolute Gasteiger partial charge is 0.255 e. The number of nitrogens with one attached hydrogen (secondary N) is 4. The molecule has 5 N–H and O–H groups in total. The monoisotopic (exact) mass is 418 g/mol. The Balaban J connectivity index is 2.94. The van der Waals surface area contributed by atoms with Gasteiger partial charge in [0.1, 0.15) is 11.8 Å². The molecule has 1 aromatic carbocycles. The van der Waals surface area contributed by atoms with E-state index in [1.165, 1.54) is 19.1 Å². The zero-order valence-electron chi connectivity index (χ0n) is 18.6. The summed E-state index contributed by atoms with van der Waals surface area (Å²) in [7, 11) is 0. The van der Waals surface area contributed by atoms with Gasteiger partial charge in [0, 0.05) is 11.6 Å². The third-order valence-corrected chi connectivity index (χ3v) is 5.09. The van der Waals surface area contributed by atoms with Crippen LogP contribution < -0.4 is 16.0 Å². The van der Waals surface area contributed by atoms with Gasteiger partial charge < -0.3 is 26.5 Å². The number of hydrogen-bond acceptors (Lipinski definition) is 5. The lowest BCUT2D eigenvalue weighted by molar-refractivity contribution is -0.132. The summed E-state index contributed by atoms with van der Waals surface area (Å²) < 4.78 is 0. The average molecular weight is 419 g/mol. The molecule has 166 valence electrons. The first kappa shape index (κ1) is 25.1. The van der Waals surface area contributed by atoms with Crippen LogP contribution in [-0.2, 0) is 9.59 Å². The van der Waals surface area contributed by atoms with Crippen molar-refractivity contribution in [3.63, 3.8) is 0 Å². The summed E-state index contributed by atoms with van der Waals surface area (Å²) in [6.07, 6.45) is 0.696. The summed E-state index contributed by atoms with van der Waals surface area (Å²) in [6, 6.07) is 4.01. The molecule has 0 bridgehead atoms. The highest BCUT2D eigenvalue weighted by Gasteiger charge is 2.30. The number of hydrogen-bond donors (Lipinski definition) is 5. The lowest BCUT2D eigenvalue weighted by atomic mass is 9.96. The van der Waals surface area contributed by atoms with Crippen molar-refractivity contribution in [3.8, 4) is 5.75 Å². The number of aromatic hydroxyl groups is 1. The number of carbonyl (C=O) groups is 3. The van der Waals surface area contributed by atoms with Gasteiger partial charge in [0.2, 0.25) is 11.8 Å². The molecule has 3 amide bonds. The van der Waals surface area contributed by atoms with Gasteiger partial charge in [-0.2, -0.15) is 0 Å². The third kappa shape index (κ3) is 6.86. The summed E-state index contributed by atoms with van der Waals surface area (Å²) >= 11 is 0. The van der Waals surface area contributed by atoms with Gasteiger partial charge in [0.25, 0.3) is 5.91 Å². The molecular weight excluding hydrogens is 384 g/mol. The van der Waals surface area contributed by atoms with E-state index >= 15 is 0 Å². The Morgan fingerprint density at radius 2 is 1.57 bits per heavy atom. The summed E-state index contributed by atoms with van der Waals surface area (Å²) in [4.78, 5) is 37.6. The van der Waals surface area contributed by atoms with E-state index in [-0.39, 0.29) is 40.7 Å². The SMILES string of the molecule is CCC(C)C(NC(=O)C(C)C)C(=O)NC(C)C(NC(=O)c1ccccc1O)C(C)=N. The maximum Gasteiger partial charge on any atom is 0.255 e. The van der Waals surface area contributed by atoms with Gasteiger partial charge in [-0.25, -0.2) is 0 Å². The first-order chi connectivity index (χ1) is 14.0. The average Bonchev–Trinajstić information content (AvgIpc) is 2.68. The Morgan fingerprint density at radius 3 is 2.07 bits per heavy atom. The zero-order chi connectivity index (χ0) is 23.0. The van der Waals surface area contributed by atoms with E-state index in [9.17, 15) is 19.5 Å². The maximum atomic E-state index is 12.9. The van der Waals surface area contributed by atoms with Gasteiger partial charge in [-0.05, 0) is 31.9 Å². The largest absolute Gasteiger partial charge is 0.507 e. The minimum absolute atomic E-state index is 0.0870. The van der Waals surface area contributed by atoms with E-state index < -0.39 is 24.0 Å². The molecule has 8 nitrogen and oxygen atoms in total. The van der Waals surface area contributed by atoms with Crippen molar-refractivity contribution in [1.29, 1.82) is 5.41 Å². The van der Waals surface area contributed by atoms with Gasteiger partial charge in [-0.15, -0.1) is 0 Å². The molecule has 0 saturated heterocycles. The maximum absolute atomic E-state index is 12.9. The van der Waals surface area contributed by atoms with Crippen LogP contribution in [0, 0.1) is 17.2 Å². The molecule has 0 radical (unpaired) electrons. The molecule has 0 aliphatic heterocycles. The number of phenols is 1. The minimum atomic E-state index is -0.778. The van der Waals surface area contributed by atoms with Gasteiger partial charge in [0.15, 0.2) is 0 Å². The van der Waals surface area contributed by atoms with Crippen LogP contribution in [0.4, 0.5) is 0 Å². The van der Waals surface area contributed by atoms with E-state index in [1.807, 2.05) is 13.8 Å². The molecule has 0 aromatic heterocycles. The molecule has 0 saturated carbocycles. The second-order valence-corrected chi connectivity index (χ2v) is 7.98. The van der Waals surface area contributed by atoms with Gasteiger partial charge in [0.05, 0.1) is 17.6 Å². The van der Waals surface area contributed by atoms with Gasteiger partial charge >= 0.3 is 0 Å². The first-order valence-corrected chi connectivity index (χ1v) is 10.2. The summed E-state index contributed by atoms with van der Waals surface area (Å²) in [5.41, 5.74) is 0.238. The predicted molar refractivity (Wildman–Crippen MR) is 117 cm³/mol. The molecular formula is C22H34N4O4. The van der Waals surface area contributed by atoms with E-state index in [4.69, 9.17) is 5.41 Å². The molecule has 4 unspecified atom stereocenters. The van der Waals surface area contributed by atoms with Crippen LogP contribution in [0.5, 0.6) is 5.75 Å². The van der Waals surface area contributed by atoms with Crippen molar-refractivity contribution in [2.24, 2.45) is 11.8 Å². The highest BCUT2D eigenvalue weighted by molar-refractivity contribution is 6.00. The number of benzene rings is 1. The number of phenolic OH excluding ortho intramolecular Hbond substituents is 1. The van der Waals surface area contributed by atoms with Crippen LogP contribution in [0.25, 0.3) is 0 Å². The van der Waals surface area contributed by atoms with Crippen molar-refractivity contribution in [3.05, 3.63) is 29.8 Å². The first-order valence-electron chi connectivity index (χ1n) is 10.2. The number of amides is 3. The molecule has 0 spiro atoms. The lowest BCUT2D eigenvalue weighted by Crippen LogP contribution is -2.58. The normalized spacial score (nSPS) is 14.9. The zero-order valence-corrected chi connectivity index (χ0v) is 18.6. The molecule has 0 fully saturated rings. The molecule has 0 aliphatic rings. The minimum Gasteiger partial charge on any atom is -0.507 e.